The highest BCUT2D eigenvalue weighted by molar-refractivity contribution is 5.25. The Morgan fingerprint density at radius 2 is 2.20 bits per heavy atom. The molecule has 2 aliphatic rings. The Balaban J connectivity index is 2.19. The molecular formula is C10H16. The highest BCUT2D eigenvalue weighted by Gasteiger charge is 2.58. The molecular weight excluding hydrogens is 120 g/mol. The van der Waals surface area contributed by atoms with E-state index in [1.807, 2.05) is 0 Å². The van der Waals surface area contributed by atoms with Crippen molar-refractivity contribution in [2.75, 3.05) is 0 Å². The molecule has 10 heavy (non-hydrogen) atoms. The van der Waals surface area contributed by atoms with Crippen LogP contribution in [0.4, 0.5) is 0 Å². The lowest BCUT2D eigenvalue weighted by molar-refractivity contribution is 0.401. The molecule has 0 heteroatoms. The molecule has 0 N–H and O–H groups in total. The van der Waals surface area contributed by atoms with Crippen LogP contribution in [0.1, 0.15) is 27.2 Å². The Hall–Kier alpha value is -0.260. The zero-order chi connectivity index (χ0) is 7.35. The van der Waals surface area contributed by atoms with Gasteiger partial charge in [-0.1, -0.05) is 32.9 Å². The molecule has 0 nitrogen and oxygen atoms in total. The van der Waals surface area contributed by atoms with Gasteiger partial charge < -0.3 is 0 Å². The van der Waals surface area contributed by atoms with Crippen molar-refractivity contribution >= 4 is 0 Å². The van der Waals surface area contributed by atoms with E-state index in [4.69, 9.17) is 0 Å². The van der Waals surface area contributed by atoms with Crippen LogP contribution in [0.15, 0.2) is 12.2 Å². The third-order valence-corrected chi connectivity index (χ3v) is 3.52. The van der Waals surface area contributed by atoms with Gasteiger partial charge in [-0.25, -0.2) is 0 Å². The molecule has 0 saturated heterocycles. The first-order valence-electron chi connectivity index (χ1n) is 4.36. The second kappa shape index (κ2) is 1.66. The van der Waals surface area contributed by atoms with Crippen LogP contribution in [0.3, 0.4) is 0 Å². The van der Waals surface area contributed by atoms with Gasteiger partial charge in [0.25, 0.3) is 0 Å². The summed E-state index contributed by atoms with van der Waals surface area (Å²) in [5.74, 6) is 2.73. The van der Waals surface area contributed by atoms with E-state index in [-0.39, 0.29) is 0 Å². The molecule has 0 radical (unpaired) electrons. The smallest absolute Gasteiger partial charge is 0.00579 e. The molecule has 0 amide bonds. The quantitative estimate of drug-likeness (QED) is 0.486. The molecule has 56 valence electrons. The zero-order valence-electron chi connectivity index (χ0n) is 7.09. The predicted octanol–water partition coefficient (Wildman–Crippen LogP) is 2.85. The molecule has 3 atom stereocenters. The lowest BCUT2D eigenvalue weighted by Crippen LogP contribution is -2.06. The number of rotatable bonds is 1. The number of fused-ring (bicyclic) bond motifs is 1. The van der Waals surface area contributed by atoms with Crippen LogP contribution >= 0.6 is 0 Å². The molecule has 0 aromatic heterocycles. The van der Waals surface area contributed by atoms with Crippen LogP contribution in [-0.2, 0) is 0 Å². The van der Waals surface area contributed by atoms with Crippen molar-refractivity contribution in [1.82, 2.24) is 0 Å². The van der Waals surface area contributed by atoms with E-state index < -0.39 is 0 Å². The molecule has 2 aliphatic carbocycles. The van der Waals surface area contributed by atoms with Crippen LogP contribution < -0.4 is 0 Å². The minimum atomic E-state index is 0.652. The fourth-order valence-corrected chi connectivity index (χ4v) is 2.51. The van der Waals surface area contributed by atoms with Crippen molar-refractivity contribution in [1.29, 1.82) is 0 Å². The molecule has 1 saturated carbocycles. The SMILES string of the molecule is CC1C=CC2(C(C)C)CC12. The topological polar surface area (TPSA) is 0 Å². The fraction of sp³-hybridized carbons (Fsp3) is 0.800. The monoisotopic (exact) mass is 136 g/mol. The summed E-state index contributed by atoms with van der Waals surface area (Å²) in [6.07, 6.45) is 6.32. The molecule has 0 aliphatic heterocycles. The van der Waals surface area contributed by atoms with Gasteiger partial charge in [-0.3, -0.25) is 0 Å². The summed E-state index contributed by atoms with van der Waals surface area (Å²) in [6.45, 7) is 7.04. The van der Waals surface area contributed by atoms with Crippen molar-refractivity contribution in [3.8, 4) is 0 Å². The van der Waals surface area contributed by atoms with Gasteiger partial charge in [-0.2, -0.15) is 0 Å². The summed E-state index contributed by atoms with van der Waals surface area (Å²) in [4.78, 5) is 0. The van der Waals surface area contributed by atoms with E-state index in [9.17, 15) is 0 Å². The molecule has 0 aromatic rings. The minimum absolute atomic E-state index is 0.652. The minimum Gasteiger partial charge on any atom is -0.0848 e. The van der Waals surface area contributed by atoms with E-state index in [0.29, 0.717) is 5.41 Å². The van der Waals surface area contributed by atoms with Crippen molar-refractivity contribution in [2.45, 2.75) is 27.2 Å². The molecule has 2 rings (SSSR count). The van der Waals surface area contributed by atoms with Crippen molar-refractivity contribution in [2.24, 2.45) is 23.2 Å². The van der Waals surface area contributed by atoms with Gasteiger partial charge in [0.1, 0.15) is 0 Å². The average molecular weight is 136 g/mol. The van der Waals surface area contributed by atoms with E-state index in [1.54, 1.807) is 0 Å². The average Bonchev–Trinajstić information content (AvgIpc) is 2.52. The highest BCUT2D eigenvalue weighted by Crippen LogP contribution is 2.65. The van der Waals surface area contributed by atoms with Gasteiger partial charge in [-0.05, 0) is 29.6 Å². The lowest BCUT2D eigenvalue weighted by atomic mass is 9.91. The summed E-state index contributed by atoms with van der Waals surface area (Å²) >= 11 is 0. The summed E-state index contributed by atoms with van der Waals surface area (Å²) in [5.41, 5.74) is 0.652. The second-order valence-electron chi connectivity index (χ2n) is 4.30. The Bertz CT molecular complexity index is 178. The Labute approximate surface area is 63.3 Å². The fourth-order valence-electron chi connectivity index (χ4n) is 2.51. The van der Waals surface area contributed by atoms with Crippen LogP contribution in [0, 0.1) is 23.2 Å². The van der Waals surface area contributed by atoms with Gasteiger partial charge in [0.05, 0.1) is 0 Å². The molecule has 3 unspecified atom stereocenters. The standard InChI is InChI=1S/C10H16/c1-7(2)10-5-4-8(3)9(10)6-10/h4-5,7-9H,6H2,1-3H3. The maximum atomic E-state index is 2.47. The van der Waals surface area contributed by atoms with E-state index >= 15 is 0 Å². The summed E-state index contributed by atoms with van der Waals surface area (Å²) in [6, 6.07) is 0. The van der Waals surface area contributed by atoms with Crippen molar-refractivity contribution in [3.63, 3.8) is 0 Å². The first-order chi connectivity index (χ1) is 4.67. The Morgan fingerprint density at radius 3 is 2.40 bits per heavy atom. The maximum Gasteiger partial charge on any atom is -0.00579 e. The molecule has 1 fully saturated rings. The van der Waals surface area contributed by atoms with Crippen LogP contribution in [0.25, 0.3) is 0 Å². The van der Waals surface area contributed by atoms with Crippen LogP contribution in [0.5, 0.6) is 0 Å². The van der Waals surface area contributed by atoms with Gasteiger partial charge in [-0.15, -0.1) is 0 Å². The van der Waals surface area contributed by atoms with Crippen molar-refractivity contribution < 1.29 is 0 Å². The lowest BCUT2D eigenvalue weighted by Gasteiger charge is -2.13. The summed E-state index contributed by atoms with van der Waals surface area (Å²) in [7, 11) is 0. The predicted molar refractivity (Wildman–Crippen MR) is 43.7 cm³/mol. The third kappa shape index (κ3) is 0.574. The van der Waals surface area contributed by atoms with E-state index in [1.165, 1.54) is 6.42 Å². The van der Waals surface area contributed by atoms with E-state index in [0.717, 1.165) is 17.8 Å². The molecule has 0 aromatic carbocycles. The number of hydrogen-bond donors (Lipinski definition) is 0. The van der Waals surface area contributed by atoms with Crippen LogP contribution in [-0.4, -0.2) is 0 Å². The summed E-state index contributed by atoms with van der Waals surface area (Å²) in [5, 5.41) is 0. The first-order valence-corrected chi connectivity index (χ1v) is 4.36. The Morgan fingerprint density at radius 1 is 1.50 bits per heavy atom. The number of allylic oxidation sites excluding steroid dienone is 2. The summed E-state index contributed by atoms with van der Waals surface area (Å²) < 4.78 is 0. The van der Waals surface area contributed by atoms with Crippen LogP contribution in [0.2, 0.25) is 0 Å². The van der Waals surface area contributed by atoms with E-state index in [2.05, 4.69) is 32.9 Å². The zero-order valence-corrected chi connectivity index (χ0v) is 7.09. The largest absolute Gasteiger partial charge is 0.0848 e. The van der Waals surface area contributed by atoms with Gasteiger partial charge in [0.2, 0.25) is 0 Å². The normalized spacial score (nSPS) is 50.0. The first kappa shape index (κ1) is 6.45. The Kier molecular flexibility index (Phi) is 1.07. The highest BCUT2D eigenvalue weighted by atomic mass is 14.6. The van der Waals surface area contributed by atoms with Gasteiger partial charge in [0.15, 0.2) is 0 Å². The number of hydrogen-bond acceptors (Lipinski definition) is 0. The van der Waals surface area contributed by atoms with Gasteiger partial charge in [0, 0.05) is 0 Å². The maximum absolute atomic E-state index is 2.47. The molecule has 0 bridgehead atoms. The van der Waals surface area contributed by atoms with Gasteiger partial charge >= 0.3 is 0 Å². The molecule has 0 heterocycles. The van der Waals surface area contributed by atoms with Crippen molar-refractivity contribution in [3.05, 3.63) is 12.2 Å². The third-order valence-electron chi connectivity index (χ3n) is 3.52. The second-order valence-corrected chi connectivity index (χ2v) is 4.30. The molecule has 0 spiro atoms.